The van der Waals surface area contributed by atoms with Crippen LogP contribution in [0.25, 0.3) is 0 Å². The first-order chi connectivity index (χ1) is 13.1. The molecule has 1 aliphatic heterocycles. The lowest BCUT2D eigenvalue weighted by Crippen LogP contribution is -2.30. The second-order valence-electron chi connectivity index (χ2n) is 7.08. The van der Waals surface area contributed by atoms with Crippen molar-refractivity contribution < 1.29 is 4.79 Å². The van der Waals surface area contributed by atoms with Gasteiger partial charge in [-0.2, -0.15) is 5.26 Å². The Balaban J connectivity index is 0.000000198. The largest absolute Gasteiger partial charge is 0.366 e. The molecule has 1 saturated heterocycles. The van der Waals surface area contributed by atoms with Crippen molar-refractivity contribution >= 4 is 11.7 Å². The first-order valence-electron chi connectivity index (χ1n) is 9.47. The fourth-order valence-electron chi connectivity index (χ4n) is 3.19. The number of nitrogens with two attached hydrogens (primary N) is 1. The molecule has 0 unspecified atom stereocenters. The first-order valence-corrected chi connectivity index (χ1v) is 9.47. The van der Waals surface area contributed by atoms with Crippen molar-refractivity contribution in [3.8, 4) is 6.07 Å². The molecule has 2 aromatic rings. The molecule has 28 heavy (non-hydrogen) atoms. The molecule has 2 aliphatic rings. The van der Waals surface area contributed by atoms with Gasteiger partial charge in [-0.15, -0.1) is 0 Å². The minimum absolute atomic E-state index is 0. The number of piperidine rings is 1. The molecule has 148 valence electrons. The Morgan fingerprint density at radius 2 is 1.82 bits per heavy atom. The molecule has 1 aromatic carbocycles. The normalized spacial score (nSPS) is 15.5. The van der Waals surface area contributed by atoms with E-state index in [1.165, 1.54) is 37.7 Å². The summed E-state index contributed by atoms with van der Waals surface area (Å²) in [5, 5.41) is 8.75. The van der Waals surface area contributed by atoms with Crippen molar-refractivity contribution in [3.05, 3.63) is 53.0 Å². The van der Waals surface area contributed by atoms with Crippen LogP contribution in [0.1, 0.15) is 72.8 Å². The summed E-state index contributed by atoms with van der Waals surface area (Å²) in [5.74, 6) is 1.30. The number of nitrogens with zero attached hydrogens (tertiary/aromatic N) is 4. The molecule has 1 aliphatic carbocycles. The Bertz CT molecular complexity index is 831. The standard InChI is InChI=1S/C11H14N4.C10H11NO.CH4/c1-9-10(7-12)13-8-11(14-9)15-5-3-2-4-6-15;11-10(12)9-5-3-8(4-6-9)7-1-2-7;/h8H,2-6H2,1H3;3-7H,1-2H2,(H2,11,12);1H4. The highest BCUT2D eigenvalue weighted by Gasteiger charge is 2.23. The zero-order valence-electron chi connectivity index (χ0n) is 15.7. The molecular weight excluding hydrogens is 350 g/mol. The minimum atomic E-state index is -0.350. The first kappa shape index (κ1) is 21.4. The lowest BCUT2D eigenvalue weighted by molar-refractivity contribution is 0.100. The van der Waals surface area contributed by atoms with Crippen molar-refractivity contribution in [2.45, 2.75) is 52.4 Å². The van der Waals surface area contributed by atoms with Gasteiger partial charge in [-0.05, 0) is 62.6 Å². The number of nitriles is 1. The molecule has 2 N–H and O–H groups in total. The molecule has 4 rings (SSSR count). The average Bonchev–Trinajstić information content (AvgIpc) is 3.54. The average molecular weight is 380 g/mol. The highest BCUT2D eigenvalue weighted by atomic mass is 16.1. The second-order valence-corrected chi connectivity index (χ2v) is 7.08. The van der Waals surface area contributed by atoms with Gasteiger partial charge in [-0.3, -0.25) is 4.79 Å². The van der Waals surface area contributed by atoms with Gasteiger partial charge in [0.15, 0.2) is 5.69 Å². The van der Waals surface area contributed by atoms with Crippen molar-refractivity contribution in [1.29, 1.82) is 5.26 Å². The minimum Gasteiger partial charge on any atom is -0.366 e. The Morgan fingerprint density at radius 3 is 2.32 bits per heavy atom. The third-order valence-electron chi connectivity index (χ3n) is 4.96. The topological polar surface area (TPSA) is 95.9 Å². The van der Waals surface area contributed by atoms with E-state index in [0.717, 1.165) is 30.5 Å². The highest BCUT2D eigenvalue weighted by Crippen LogP contribution is 2.39. The van der Waals surface area contributed by atoms with E-state index in [4.69, 9.17) is 11.0 Å². The zero-order valence-corrected chi connectivity index (χ0v) is 15.7. The predicted molar refractivity (Wildman–Crippen MR) is 111 cm³/mol. The van der Waals surface area contributed by atoms with Crippen LogP contribution in [0.4, 0.5) is 5.82 Å². The molecule has 0 spiro atoms. The quantitative estimate of drug-likeness (QED) is 0.871. The molecule has 1 amide bonds. The molecule has 0 atom stereocenters. The van der Waals surface area contributed by atoms with E-state index >= 15 is 0 Å². The molecule has 0 radical (unpaired) electrons. The van der Waals surface area contributed by atoms with Gasteiger partial charge >= 0.3 is 0 Å². The van der Waals surface area contributed by atoms with Crippen LogP contribution >= 0.6 is 0 Å². The van der Waals surface area contributed by atoms with Crippen LogP contribution in [0.5, 0.6) is 0 Å². The number of hydrogen-bond donors (Lipinski definition) is 1. The highest BCUT2D eigenvalue weighted by molar-refractivity contribution is 5.92. The number of carbonyl (C=O) groups is 1. The van der Waals surface area contributed by atoms with E-state index in [2.05, 4.69) is 14.9 Å². The van der Waals surface area contributed by atoms with E-state index in [0.29, 0.717) is 11.3 Å². The maximum absolute atomic E-state index is 10.7. The number of anilines is 1. The Kier molecular flexibility index (Phi) is 7.51. The molecule has 6 nitrogen and oxygen atoms in total. The lowest BCUT2D eigenvalue weighted by Gasteiger charge is -2.27. The van der Waals surface area contributed by atoms with Crippen molar-refractivity contribution in [2.24, 2.45) is 5.73 Å². The molecule has 0 bridgehead atoms. The fraction of sp³-hybridized carbons (Fsp3) is 0.455. The smallest absolute Gasteiger partial charge is 0.248 e. The van der Waals surface area contributed by atoms with E-state index in [1.807, 2.05) is 25.1 Å². The number of aromatic nitrogens is 2. The van der Waals surface area contributed by atoms with E-state index in [1.54, 1.807) is 18.3 Å². The summed E-state index contributed by atoms with van der Waals surface area (Å²) >= 11 is 0. The number of aryl methyl sites for hydroxylation is 1. The summed E-state index contributed by atoms with van der Waals surface area (Å²) in [6.07, 6.45) is 8.03. The number of hydrogen-bond acceptors (Lipinski definition) is 5. The fourth-order valence-corrected chi connectivity index (χ4v) is 3.19. The molecule has 2 fully saturated rings. The zero-order chi connectivity index (χ0) is 19.2. The van der Waals surface area contributed by atoms with Crippen LogP contribution in [0.2, 0.25) is 0 Å². The van der Waals surface area contributed by atoms with Crippen molar-refractivity contribution in [2.75, 3.05) is 18.0 Å². The number of rotatable bonds is 3. The Morgan fingerprint density at radius 1 is 1.18 bits per heavy atom. The molecule has 1 saturated carbocycles. The van der Waals surface area contributed by atoms with E-state index < -0.39 is 0 Å². The summed E-state index contributed by atoms with van der Waals surface area (Å²) < 4.78 is 0. The van der Waals surface area contributed by atoms with E-state index in [-0.39, 0.29) is 13.3 Å². The third kappa shape index (κ3) is 5.53. The summed E-state index contributed by atoms with van der Waals surface area (Å²) in [6, 6.07) is 9.63. The second kappa shape index (κ2) is 9.84. The van der Waals surface area contributed by atoms with Crippen LogP contribution in [0.3, 0.4) is 0 Å². The van der Waals surface area contributed by atoms with Crippen LogP contribution in [0.15, 0.2) is 30.5 Å². The van der Waals surface area contributed by atoms with Gasteiger partial charge in [0.05, 0.1) is 11.9 Å². The summed E-state index contributed by atoms with van der Waals surface area (Å²) in [5.41, 5.74) is 8.20. The van der Waals surface area contributed by atoms with Crippen molar-refractivity contribution in [3.63, 3.8) is 0 Å². The van der Waals surface area contributed by atoms with Gasteiger partial charge < -0.3 is 10.6 Å². The van der Waals surface area contributed by atoms with E-state index in [9.17, 15) is 4.79 Å². The SMILES string of the molecule is C.Cc1nc(N2CCCCC2)cnc1C#N.NC(=O)c1ccc(C2CC2)cc1. The van der Waals surface area contributed by atoms with Gasteiger partial charge in [0.1, 0.15) is 11.9 Å². The van der Waals surface area contributed by atoms with Crippen molar-refractivity contribution in [1.82, 2.24) is 9.97 Å². The molecule has 6 heteroatoms. The maximum atomic E-state index is 10.7. The molecule has 1 aromatic heterocycles. The monoisotopic (exact) mass is 379 g/mol. The summed E-state index contributed by atoms with van der Waals surface area (Å²) in [7, 11) is 0. The Hall–Kier alpha value is -2.94. The summed E-state index contributed by atoms with van der Waals surface area (Å²) in [6.45, 7) is 3.94. The van der Waals surface area contributed by atoms with Crippen LogP contribution in [-0.2, 0) is 0 Å². The number of primary amides is 1. The molecular formula is C22H29N5O. The molecule has 2 heterocycles. The predicted octanol–water partition coefficient (Wildman–Crippen LogP) is 3.95. The lowest BCUT2D eigenvalue weighted by atomic mass is 10.1. The van der Waals surface area contributed by atoms with Gasteiger partial charge in [-0.1, -0.05) is 19.6 Å². The number of benzene rings is 1. The van der Waals surface area contributed by atoms with Gasteiger partial charge in [0.25, 0.3) is 0 Å². The van der Waals surface area contributed by atoms with Crippen LogP contribution in [0, 0.1) is 18.3 Å². The maximum Gasteiger partial charge on any atom is 0.248 e. The third-order valence-corrected chi connectivity index (χ3v) is 4.96. The van der Waals surface area contributed by atoms with Crippen LogP contribution in [-0.4, -0.2) is 29.0 Å². The van der Waals surface area contributed by atoms with Gasteiger partial charge in [-0.25, -0.2) is 9.97 Å². The van der Waals surface area contributed by atoms with Crippen LogP contribution < -0.4 is 10.6 Å². The Labute approximate surface area is 167 Å². The van der Waals surface area contributed by atoms with Gasteiger partial charge in [0.2, 0.25) is 5.91 Å². The summed E-state index contributed by atoms with van der Waals surface area (Å²) in [4.78, 5) is 21.5. The van der Waals surface area contributed by atoms with Gasteiger partial charge in [0, 0.05) is 18.7 Å². The number of carbonyl (C=O) groups excluding carboxylic acids is 1. The number of amides is 1.